The van der Waals surface area contributed by atoms with Crippen LogP contribution in [0.5, 0.6) is 0 Å². The minimum absolute atomic E-state index is 0. The monoisotopic (exact) mass is 317 g/mol. The molecule has 0 fully saturated rings. The van der Waals surface area contributed by atoms with E-state index in [0.29, 0.717) is 0 Å². The van der Waals surface area contributed by atoms with E-state index < -0.39 is 21.5 Å². The quantitative estimate of drug-likeness (QED) is 0.419. The molecule has 0 radical (unpaired) electrons. The van der Waals surface area contributed by atoms with Crippen LogP contribution in [0.25, 0.3) is 0 Å². The third-order valence-corrected chi connectivity index (χ3v) is 2.99. The van der Waals surface area contributed by atoms with Crippen LogP contribution in [0.1, 0.15) is 10.5 Å². The maximum absolute atomic E-state index is 11.1. The molecule has 0 amide bonds. The van der Waals surface area contributed by atoms with Crippen LogP contribution in [0.3, 0.4) is 0 Å². The molecule has 0 atom stereocenters. The molecule has 0 spiro atoms. The van der Waals surface area contributed by atoms with Crippen LogP contribution < -0.4 is 56.5 Å². The number of sulfone groups is 1. The second kappa shape index (κ2) is 5.85. The number of aromatic carboxylic acids is 1. The number of halogens is 1. The first-order chi connectivity index (χ1) is 6.32. The van der Waals surface area contributed by atoms with Crippen molar-refractivity contribution in [1.82, 2.24) is 4.98 Å². The first-order valence-electron chi connectivity index (χ1n) is 3.40. The summed E-state index contributed by atoms with van der Waals surface area (Å²) < 4.78 is 22.5. The predicted molar refractivity (Wildman–Crippen MR) is 49.4 cm³/mol. The smallest absolute Gasteiger partial charge is 0.543 e. The molecule has 0 unspecified atom stereocenters. The number of aromatic nitrogens is 1. The van der Waals surface area contributed by atoms with Crippen LogP contribution >= 0.6 is 15.9 Å². The molecule has 0 saturated carbocycles. The molecule has 1 rings (SSSR count). The first kappa shape index (κ1) is 15.7. The summed E-state index contributed by atoms with van der Waals surface area (Å²) in [5.74, 6) is -1.62. The summed E-state index contributed by atoms with van der Waals surface area (Å²) in [6.07, 6.45) is 0.907. The van der Waals surface area contributed by atoms with E-state index in [1.165, 1.54) is 6.07 Å². The number of carbonyl (C=O) groups is 1. The Morgan fingerprint density at radius 3 is 2.40 bits per heavy atom. The predicted octanol–water partition coefficient (Wildman–Crippen LogP) is -3.38. The fraction of sp³-hybridized carbons (Fsp3) is 0.143. The molecular formula is C7H5BrKNO4S. The zero-order valence-corrected chi connectivity index (χ0v) is 13.5. The largest absolute Gasteiger partial charge is 1.00 e. The Morgan fingerprint density at radius 1 is 1.47 bits per heavy atom. The first-order valence-corrected chi connectivity index (χ1v) is 6.09. The average molecular weight is 318 g/mol. The summed E-state index contributed by atoms with van der Waals surface area (Å²) in [6, 6.07) is 2.51. The van der Waals surface area contributed by atoms with Crippen LogP contribution in [0.4, 0.5) is 0 Å². The molecule has 0 aliphatic heterocycles. The number of hydrogen-bond acceptors (Lipinski definition) is 5. The number of carboxylic acids is 1. The van der Waals surface area contributed by atoms with Crippen LogP contribution in [0, 0.1) is 0 Å². The number of carbonyl (C=O) groups excluding carboxylic acids is 1. The van der Waals surface area contributed by atoms with Crippen molar-refractivity contribution < 1.29 is 69.7 Å². The maximum atomic E-state index is 11.1. The van der Waals surface area contributed by atoms with Gasteiger partial charge in [-0.25, -0.2) is 13.4 Å². The van der Waals surface area contributed by atoms with Crippen molar-refractivity contribution in [2.75, 3.05) is 6.26 Å². The Kier molecular flexibility index (Phi) is 6.12. The molecular weight excluding hydrogens is 313 g/mol. The molecule has 0 N–H and O–H groups in total. The molecule has 15 heavy (non-hydrogen) atoms. The van der Waals surface area contributed by atoms with Crippen molar-refractivity contribution in [3.63, 3.8) is 0 Å². The standard InChI is InChI=1S/C7H6BrNO4S.K/c1-14(12,13)4-2-3-5(8)9-6(4)7(10)11;/h2-3H,1H3,(H,10,11);/q;+1/p-1. The van der Waals surface area contributed by atoms with Crippen molar-refractivity contribution in [1.29, 1.82) is 0 Å². The van der Waals surface area contributed by atoms with E-state index in [-0.39, 0.29) is 60.9 Å². The van der Waals surface area contributed by atoms with E-state index in [1.807, 2.05) is 0 Å². The van der Waals surface area contributed by atoms with Crippen molar-refractivity contribution in [3.05, 3.63) is 22.4 Å². The van der Waals surface area contributed by atoms with E-state index in [9.17, 15) is 18.3 Å². The molecule has 0 aliphatic carbocycles. The molecule has 76 valence electrons. The Morgan fingerprint density at radius 2 is 2.00 bits per heavy atom. The number of rotatable bonds is 2. The molecule has 0 aliphatic rings. The van der Waals surface area contributed by atoms with E-state index in [2.05, 4.69) is 20.9 Å². The Hall–Kier alpha value is 0.686. The van der Waals surface area contributed by atoms with Crippen molar-refractivity contribution in [2.45, 2.75) is 4.90 Å². The molecule has 5 nitrogen and oxygen atoms in total. The molecule has 0 saturated heterocycles. The topological polar surface area (TPSA) is 87.2 Å². The minimum atomic E-state index is -3.60. The molecule has 1 aromatic rings. The second-order valence-electron chi connectivity index (χ2n) is 2.54. The summed E-state index contributed by atoms with van der Waals surface area (Å²) in [6.45, 7) is 0. The van der Waals surface area contributed by atoms with Crippen LogP contribution in [-0.2, 0) is 9.84 Å². The zero-order valence-electron chi connectivity index (χ0n) is 8.02. The number of nitrogens with zero attached hydrogens (tertiary/aromatic N) is 1. The van der Waals surface area contributed by atoms with E-state index in [0.717, 1.165) is 12.3 Å². The van der Waals surface area contributed by atoms with Gasteiger partial charge < -0.3 is 9.90 Å². The van der Waals surface area contributed by atoms with Gasteiger partial charge in [-0.2, -0.15) is 0 Å². The molecule has 0 aromatic carbocycles. The Labute approximate surface area is 138 Å². The summed E-state index contributed by atoms with van der Waals surface area (Å²) >= 11 is 2.93. The second-order valence-corrected chi connectivity index (χ2v) is 5.34. The number of hydrogen-bond donors (Lipinski definition) is 0. The van der Waals surface area contributed by atoms with Crippen LogP contribution in [0.15, 0.2) is 21.6 Å². The number of pyridine rings is 1. The fourth-order valence-corrected chi connectivity index (χ4v) is 1.97. The van der Waals surface area contributed by atoms with E-state index in [4.69, 9.17) is 0 Å². The van der Waals surface area contributed by atoms with Gasteiger partial charge in [-0.15, -0.1) is 0 Å². The van der Waals surface area contributed by atoms with Gasteiger partial charge in [-0.1, -0.05) is 0 Å². The van der Waals surface area contributed by atoms with Gasteiger partial charge in [0, 0.05) is 6.26 Å². The minimum Gasteiger partial charge on any atom is -0.543 e. The van der Waals surface area contributed by atoms with Crippen molar-refractivity contribution in [2.24, 2.45) is 0 Å². The summed E-state index contributed by atoms with van der Waals surface area (Å²) in [7, 11) is -3.60. The third-order valence-electron chi connectivity index (χ3n) is 1.42. The van der Waals surface area contributed by atoms with Gasteiger partial charge in [0.2, 0.25) is 0 Å². The number of carboxylic acid groups (broad SMARTS) is 1. The molecule has 1 aromatic heterocycles. The van der Waals surface area contributed by atoms with Crippen LogP contribution in [-0.4, -0.2) is 25.6 Å². The van der Waals surface area contributed by atoms with Gasteiger partial charge in [0.1, 0.15) is 10.3 Å². The summed E-state index contributed by atoms with van der Waals surface area (Å²) in [5.41, 5.74) is -0.582. The van der Waals surface area contributed by atoms with Crippen molar-refractivity contribution in [3.8, 4) is 0 Å². The SMILES string of the molecule is CS(=O)(=O)c1ccc(Br)nc1C(=O)[O-].[K+]. The fourth-order valence-electron chi connectivity index (χ4n) is 0.868. The molecule has 8 heteroatoms. The van der Waals surface area contributed by atoms with Gasteiger partial charge in [0.25, 0.3) is 0 Å². The average Bonchev–Trinajstić information content (AvgIpc) is 2.01. The van der Waals surface area contributed by atoms with Crippen LogP contribution in [0.2, 0.25) is 0 Å². The van der Waals surface area contributed by atoms with E-state index >= 15 is 0 Å². The van der Waals surface area contributed by atoms with Gasteiger partial charge in [-0.3, -0.25) is 0 Å². The third kappa shape index (κ3) is 4.21. The van der Waals surface area contributed by atoms with Gasteiger partial charge in [-0.05, 0) is 28.1 Å². The summed E-state index contributed by atoms with van der Waals surface area (Å²) in [5, 5.41) is 10.6. The Balaban J connectivity index is 0.00000196. The summed E-state index contributed by atoms with van der Waals surface area (Å²) in [4.78, 5) is 13.7. The molecule has 0 bridgehead atoms. The van der Waals surface area contributed by atoms with Crippen molar-refractivity contribution >= 4 is 31.7 Å². The van der Waals surface area contributed by atoms with Gasteiger partial charge in [0.15, 0.2) is 9.84 Å². The normalized spacial score (nSPS) is 10.5. The zero-order chi connectivity index (χ0) is 10.9. The van der Waals surface area contributed by atoms with Gasteiger partial charge >= 0.3 is 51.4 Å². The van der Waals surface area contributed by atoms with Gasteiger partial charge in [0.05, 0.1) is 10.9 Å². The Bertz CT molecular complexity index is 488. The maximum Gasteiger partial charge on any atom is 1.00 e. The van der Waals surface area contributed by atoms with E-state index in [1.54, 1.807) is 0 Å². The molecule has 1 heterocycles.